The summed E-state index contributed by atoms with van der Waals surface area (Å²) in [5.74, 6) is 0.531. The number of fused-ring (bicyclic) bond motifs is 1. The molecular weight excluding hydrogens is 324 g/mol. The molecule has 0 aliphatic carbocycles. The van der Waals surface area contributed by atoms with Gasteiger partial charge in [-0.3, -0.25) is 9.30 Å². The molecule has 4 rings (SSSR count). The molecule has 1 saturated heterocycles. The summed E-state index contributed by atoms with van der Waals surface area (Å²) >= 11 is 0. The fraction of sp³-hybridized carbons (Fsp3) is 0.294. The average molecular weight is 342 g/mol. The number of imidazole rings is 1. The van der Waals surface area contributed by atoms with E-state index in [1.807, 2.05) is 16.8 Å². The Bertz CT molecular complexity index is 950. The van der Waals surface area contributed by atoms with Crippen LogP contribution in [-0.4, -0.2) is 52.3 Å². The molecule has 24 heavy (non-hydrogen) atoms. The Labute approximate surface area is 140 Å². The van der Waals surface area contributed by atoms with Gasteiger partial charge in [0.15, 0.2) is 15.5 Å². The smallest absolute Gasteiger partial charge is 0.156 e. The number of benzene rings is 1. The molecule has 1 aliphatic rings. The van der Waals surface area contributed by atoms with Crippen molar-refractivity contribution in [3.63, 3.8) is 0 Å². The van der Waals surface area contributed by atoms with Crippen molar-refractivity contribution in [1.82, 2.24) is 19.3 Å². The van der Waals surface area contributed by atoms with Gasteiger partial charge in [-0.15, -0.1) is 0 Å². The highest BCUT2D eigenvalue weighted by atomic mass is 32.2. The first kappa shape index (κ1) is 15.3. The first-order valence-corrected chi connectivity index (χ1v) is 9.71. The van der Waals surface area contributed by atoms with E-state index in [-0.39, 0.29) is 11.5 Å². The molecule has 0 saturated carbocycles. The van der Waals surface area contributed by atoms with Gasteiger partial charge in [-0.05, 0) is 11.1 Å². The highest BCUT2D eigenvalue weighted by Crippen LogP contribution is 2.20. The fourth-order valence-corrected chi connectivity index (χ4v) is 4.21. The van der Waals surface area contributed by atoms with Crippen LogP contribution in [-0.2, 0) is 16.4 Å². The molecule has 7 heteroatoms. The van der Waals surface area contributed by atoms with Gasteiger partial charge in [0, 0.05) is 37.6 Å². The van der Waals surface area contributed by atoms with Crippen molar-refractivity contribution in [2.24, 2.45) is 0 Å². The van der Waals surface area contributed by atoms with Crippen molar-refractivity contribution >= 4 is 15.5 Å². The van der Waals surface area contributed by atoms with Crippen LogP contribution in [0.1, 0.15) is 5.56 Å². The molecule has 0 amide bonds. The molecule has 0 N–H and O–H groups in total. The van der Waals surface area contributed by atoms with Gasteiger partial charge >= 0.3 is 0 Å². The van der Waals surface area contributed by atoms with E-state index in [2.05, 4.69) is 39.1 Å². The van der Waals surface area contributed by atoms with Crippen LogP contribution in [0, 0.1) is 0 Å². The third-order valence-electron chi connectivity index (χ3n) is 4.39. The minimum atomic E-state index is -2.82. The van der Waals surface area contributed by atoms with Crippen LogP contribution in [0.4, 0.5) is 0 Å². The number of nitrogens with zero attached hydrogens (tertiary/aromatic N) is 4. The van der Waals surface area contributed by atoms with Gasteiger partial charge in [-0.2, -0.15) is 0 Å². The second-order valence-corrected chi connectivity index (χ2v) is 8.43. The lowest BCUT2D eigenvalue weighted by atomic mass is 10.1. The molecule has 3 heterocycles. The van der Waals surface area contributed by atoms with Crippen LogP contribution in [0.3, 0.4) is 0 Å². The average Bonchev–Trinajstić information content (AvgIpc) is 3.05. The van der Waals surface area contributed by atoms with Gasteiger partial charge < -0.3 is 0 Å². The van der Waals surface area contributed by atoms with Gasteiger partial charge in [0.1, 0.15) is 6.33 Å². The molecule has 0 unspecified atom stereocenters. The summed E-state index contributed by atoms with van der Waals surface area (Å²) in [7, 11) is -2.82. The lowest BCUT2D eigenvalue weighted by Crippen LogP contribution is -2.39. The molecule has 2 aromatic heterocycles. The maximum atomic E-state index is 11.5. The lowest BCUT2D eigenvalue weighted by molar-refractivity contribution is 0.287. The summed E-state index contributed by atoms with van der Waals surface area (Å²) in [5.41, 5.74) is 4.16. The van der Waals surface area contributed by atoms with Gasteiger partial charge in [0.25, 0.3) is 0 Å². The molecule has 1 fully saturated rings. The van der Waals surface area contributed by atoms with E-state index in [1.165, 1.54) is 5.56 Å². The number of aromatic nitrogens is 3. The van der Waals surface area contributed by atoms with Crippen LogP contribution in [0.25, 0.3) is 16.8 Å². The molecule has 0 spiro atoms. The van der Waals surface area contributed by atoms with E-state index >= 15 is 0 Å². The standard InChI is InChI=1S/C17H18N4O2S/c22-24(23)7-5-20(6-8-24)11-14-1-3-15(4-2-14)16-9-19-17-10-18-13-21(17)12-16/h1-4,9-10,12-13H,5-8,11H2. The number of sulfone groups is 1. The van der Waals surface area contributed by atoms with E-state index in [1.54, 1.807) is 12.5 Å². The Balaban J connectivity index is 1.48. The van der Waals surface area contributed by atoms with Crippen molar-refractivity contribution < 1.29 is 8.42 Å². The van der Waals surface area contributed by atoms with E-state index < -0.39 is 9.84 Å². The third-order valence-corrected chi connectivity index (χ3v) is 6.00. The van der Waals surface area contributed by atoms with Crippen molar-refractivity contribution in [2.45, 2.75) is 6.54 Å². The highest BCUT2D eigenvalue weighted by Gasteiger charge is 2.21. The Kier molecular flexibility index (Phi) is 3.82. The van der Waals surface area contributed by atoms with Gasteiger partial charge in [-0.1, -0.05) is 24.3 Å². The second kappa shape index (κ2) is 5.99. The van der Waals surface area contributed by atoms with Crippen LogP contribution < -0.4 is 0 Å². The van der Waals surface area contributed by atoms with Crippen LogP contribution in [0.2, 0.25) is 0 Å². The topological polar surface area (TPSA) is 67.6 Å². The Morgan fingerprint density at radius 3 is 2.50 bits per heavy atom. The van der Waals surface area contributed by atoms with Crippen molar-refractivity contribution in [3.8, 4) is 11.1 Å². The van der Waals surface area contributed by atoms with Gasteiger partial charge in [-0.25, -0.2) is 18.4 Å². The van der Waals surface area contributed by atoms with E-state index in [0.717, 1.165) is 23.3 Å². The summed E-state index contributed by atoms with van der Waals surface area (Å²) in [6.07, 6.45) is 7.33. The quantitative estimate of drug-likeness (QED) is 0.724. The van der Waals surface area contributed by atoms with Gasteiger partial charge in [0.2, 0.25) is 0 Å². The predicted molar refractivity (Wildman–Crippen MR) is 92.4 cm³/mol. The summed E-state index contributed by atoms with van der Waals surface area (Å²) in [6.45, 7) is 2.02. The lowest BCUT2D eigenvalue weighted by Gasteiger charge is -2.26. The molecule has 0 radical (unpaired) electrons. The zero-order valence-electron chi connectivity index (χ0n) is 13.2. The molecule has 1 aliphatic heterocycles. The van der Waals surface area contributed by atoms with E-state index in [4.69, 9.17) is 0 Å². The number of hydrogen-bond donors (Lipinski definition) is 0. The highest BCUT2D eigenvalue weighted by molar-refractivity contribution is 7.91. The monoisotopic (exact) mass is 342 g/mol. The molecule has 124 valence electrons. The fourth-order valence-electron chi connectivity index (χ4n) is 2.93. The van der Waals surface area contributed by atoms with Crippen molar-refractivity contribution in [1.29, 1.82) is 0 Å². The predicted octanol–water partition coefficient (Wildman–Crippen LogP) is 1.63. The van der Waals surface area contributed by atoms with E-state index in [0.29, 0.717) is 13.1 Å². The first-order valence-electron chi connectivity index (χ1n) is 7.89. The SMILES string of the molecule is O=S1(=O)CCN(Cc2ccc(-c3cnc4cncn4c3)cc2)CC1. The first-order chi connectivity index (χ1) is 11.6. The molecular formula is C17H18N4O2S. The zero-order chi connectivity index (χ0) is 16.6. The normalized spacial score (nSPS) is 18.0. The summed E-state index contributed by atoms with van der Waals surface area (Å²) in [6, 6.07) is 8.35. The number of hydrogen-bond acceptors (Lipinski definition) is 5. The summed E-state index contributed by atoms with van der Waals surface area (Å²) < 4.78 is 24.9. The zero-order valence-corrected chi connectivity index (χ0v) is 14.0. The maximum absolute atomic E-state index is 11.5. The van der Waals surface area contributed by atoms with Crippen molar-refractivity contribution in [2.75, 3.05) is 24.6 Å². The largest absolute Gasteiger partial charge is 0.297 e. The second-order valence-electron chi connectivity index (χ2n) is 6.13. The Morgan fingerprint density at radius 1 is 1.00 bits per heavy atom. The maximum Gasteiger partial charge on any atom is 0.156 e. The Morgan fingerprint density at radius 2 is 1.75 bits per heavy atom. The summed E-state index contributed by atoms with van der Waals surface area (Å²) in [4.78, 5) is 10.6. The van der Waals surface area contributed by atoms with Crippen molar-refractivity contribution in [3.05, 3.63) is 54.7 Å². The minimum Gasteiger partial charge on any atom is -0.297 e. The molecule has 0 bridgehead atoms. The van der Waals surface area contributed by atoms with E-state index in [9.17, 15) is 8.42 Å². The van der Waals surface area contributed by atoms with Crippen LogP contribution in [0.15, 0.2) is 49.2 Å². The molecule has 1 aromatic carbocycles. The van der Waals surface area contributed by atoms with Crippen LogP contribution in [0.5, 0.6) is 0 Å². The molecule has 3 aromatic rings. The molecule has 0 atom stereocenters. The van der Waals surface area contributed by atoms with Crippen LogP contribution >= 0.6 is 0 Å². The summed E-state index contributed by atoms with van der Waals surface area (Å²) in [5, 5.41) is 0. The van der Waals surface area contributed by atoms with Gasteiger partial charge in [0.05, 0.1) is 17.7 Å². The third kappa shape index (κ3) is 3.18. The molecule has 6 nitrogen and oxygen atoms in total. The number of rotatable bonds is 3. The minimum absolute atomic E-state index is 0.266. The Hall–Kier alpha value is -2.25.